The summed E-state index contributed by atoms with van der Waals surface area (Å²) in [5.74, 6) is 1.18. The molecule has 0 amide bonds. The number of methoxy groups -OCH3 is 1. The fraction of sp³-hybridized carbons (Fsp3) is 0.300. The maximum Gasteiger partial charge on any atom is 0.341 e. The fourth-order valence-corrected chi connectivity index (χ4v) is 3.79. The van der Waals surface area contributed by atoms with Gasteiger partial charge in [-0.3, -0.25) is 18.7 Å². The van der Waals surface area contributed by atoms with E-state index in [0.29, 0.717) is 46.2 Å². The molecule has 0 bridgehead atoms. The number of para-hydroxylation sites is 1. The summed E-state index contributed by atoms with van der Waals surface area (Å²) in [4.78, 5) is 26.4. The number of esters is 1. The maximum atomic E-state index is 12.6. The summed E-state index contributed by atoms with van der Waals surface area (Å²) >= 11 is 5.65. The highest BCUT2D eigenvalue weighted by Crippen LogP contribution is 2.18. The number of ether oxygens (including phenoxy) is 1. The minimum atomic E-state index is -0.430. The molecule has 3 aromatic heterocycles. The Balaban J connectivity index is 1.68. The predicted molar refractivity (Wildman–Crippen MR) is 113 cm³/mol. The number of aryl methyl sites for hydroxylation is 2. The highest BCUT2D eigenvalue weighted by molar-refractivity contribution is 7.71. The van der Waals surface area contributed by atoms with Crippen molar-refractivity contribution in [1.29, 1.82) is 0 Å². The Bertz CT molecular complexity index is 1390. The van der Waals surface area contributed by atoms with Gasteiger partial charge in [-0.25, -0.2) is 9.48 Å². The lowest BCUT2D eigenvalue weighted by Gasteiger charge is -2.14. The summed E-state index contributed by atoms with van der Waals surface area (Å²) in [6, 6.07) is 9.00. The van der Waals surface area contributed by atoms with Crippen LogP contribution in [0.2, 0.25) is 0 Å². The van der Waals surface area contributed by atoms with Crippen LogP contribution in [0.1, 0.15) is 21.9 Å². The van der Waals surface area contributed by atoms with Crippen molar-refractivity contribution < 1.29 is 13.9 Å². The molecule has 30 heavy (non-hydrogen) atoms. The quantitative estimate of drug-likeness (QED) is 0.357. The van der Waals surface area contributed by atoms with Crippen LogP contribution in [0.25, 0.3) is 16.7 Å². The monoisotopic (exact) mass is 427 g/mol. The molecule has 0 atom stereocenters. The molecule has 10 heteroatoms. The second-order valence-electron chi connectivity index (χ2n) is 7.13. The van der Waals surface area contributed by atoms with Crippen molar-refractivity contribution in [2.45, 2.75) is 20.1 Å². The third kappa shape index (κ3) is 3.23. The van der Waals surface area contributed by atoms with Gasteiger partial charge in [0.2, 0.25) is 10.5 Å². The molecular weight excluding hydrogens is 406 g/mol. The number of hydrogen-bond donors (Lipinski definition) is 0. The van der Waals surface area contributed by atoms with Gasteiger partial charge < -0.3 is 9.15 Å². The smallest absolute Gasteiger partial charge is 0.341 e. The molecule has 0 saturated heterocycles. The van der Waals surface area contributed by atoms with Crippen molar-refractivity contribution in [3.63, 3.8) is 0 Å². The Morgan fingerprint density at radius 3 is 2.80 bits per heavy atom. The van der Waals surface area contributed by atoms with Crippen LogP contribution in [-0.4, -0.2) is 43.8 Å². The highest BCUT2D eigenvalue weighted by Gasteiger charge is 2.18. The van der Waals surface area contributed by atoms with E-state index in [9.17, 15) is 9.59 Å². The number of fused-ring (bicyclic) bond motifs is 3. The van der Waals surface area contributed by atoms with Gasteiger partial charge in [0, 0.05) is 7.05 Å². The van der Waals surface area contributed by atoms with Gasteiger partial charge in [0.05, 0.1) is 31.2 Å². The fourth-order valence-electron chi connectivity index (χ4n) is 3.52. The molecule has 1 aromatic carbocycles. The van der Waals surface area contributed by atoms with Gasteiger partial charge >= 0.3 is 5.97 Å². The molecule has 0 saturated carbocycles. The molecule has 0 aliphatic heterocycles. The Labute approximate surface area is 176 Å². The van der Waals surface area contributed by atoms with Crippen molar-refractivity contribution >= 4 is 34.9 Å². The van der Waals surface area contributed by atoms with Gasteiger partial charge in [-0.1, -0.05) is 12.1 Å². The first kappa shape index (κ1) is 20.0. The molecule has 0 fully saturated rings. The second kappa shape index (κ2) is 7.54. The van der Waals surface area contributed by atoms with E-state index >= 15 is 0 Å². The molecule has 3 heterocycles. The van der Waals surface area contributed by atoms with E-state index in [2.05, 4.69) is 5.10 Å². The zero-order chi connectivity index (χ0) is 21.6. The van der Waals surface area contributed by atoms with Crippen LogP contribution >= 0.6 is 12.2 Å². The number of furan rings is 1. The average molecular weight is 427 g/mol. The van der Waals surface area contributed by atoms with Crippen LogP contribution < -0.4 is 5.56 Å². The summed E-state index contributed by atoms with van der Waals surface area (Å²) in [6.45, 7) is 2.53. The van der Waals surface area contributed by atoms with Gasteiger partial charge in [0.15, 0.2) is 0 Å². The topological polar surface area (TPSA) is 86.9 Å². The van der Waals surface area contributed by atoms with E-state index in [1.807, 2.05) is 30.1 Å². The molecule has 0 spiro atoms. The first-order valence-corrected chi connectivity index (χ1v) is 9.66. The molecule has 0 aliphatic carbocycles. The number of carbonyl (C=O) groups is 1. The van der Waals surface area contributed by atoms with E-state index < -0.39 is 5.97 Å². The third-order valence-corrected chi connectivity index (χ3v) is 5.37. The van der Waals surface area contributed by atoms with Crippen LogP contribution in [0.3, 0.4) is 0 Å². The third-order valence-electron chi connectivity index (χ3n) is 4.98. The number of rotatable bonds is 5. The molecule has 4 rings (SSSR count). The minimum Gasteiger partial charge on any atom is -0.465 e. The largest absolute Gasteiger partial charge is 0.465 e. The van der Waals surface area contributed by atoms with Crippen LogP contribution in [0.15, 0.2) is 39.5 Å². The Hall–Kier alpha value is -3.24. The van der Waals surface area contributed by atoms with E-state index in [-0.39, 0.29) is 5.56 Å². The summed E-state index contributed by atoms with van der Waals surface area (Å²) < 4.78 is 15.9. The van der Waals surface area contributed by atoms with Gasteiger partial charge in [0.1, 0.15) is 17.1 Å². The number of nitrogens with zero attached hydrogens (tertiary/aromatic N) is 5. The lowest BCUT2D eigenvalue weighted by Crippen LogP contribution is -2.22. The van der Waals surface area contributed by atoms with Crippen molar-refractivity contribution in [1.82, 2.24) is 23.6 Å². The summed E-state index contributed by atoms with van der Waals surface area (Å²) in [5, 5.41) is 5.14. The zero-order valence-electron chi connectivity index (χ0n) is 17.1. The summed E-state index contributed by atoms with van der Waals surface area (Å²) in [6.07, 6.45) is 0. The minimum absolute atomic E-state index is 0.125. The van der Waals surface area contributed by atoms with Crippen molar-refractivity contribution in [2.24, 2.45) is 7.05 Å². The summed E-state index contributed by atoms with van der Waals surface area (Å²) in [5.41, 5.74) is 1.01. The van der Waals surface area contributed by atoms with Crippen LogP contribution in [0, 0.1) is 11.7 Å². The molecular formula is C20H21N5O4S. The Morgan fingerprint density at radius 1 is 1.33 bits per heavy atom. The highest BCUT2D eigenvalue weighted by atomic mass is 32.1. The maximum absolute atomic E-state index is 12.6. The van der Waals surface area contributed by atoms with E-state index in [1.54, 1.807) is 35.2 Å². The van der Waals surface area contributed by atoms with Crippen LogP contribution in [0.4, 0.5) is 0 Å². The molecule has 0 unspecified atom stereocenters. The Morgan fingerprint density at radius 2 is 2.07 bits per heavy atom. The van der Waals surface area contributed by atoms with Gasteiger partial charge in [-0.15, -0.1) is 5.10 Å². The Kier molecular flexibility index (Phi) is 5.04. The number of benzene rings is 1. The van der Waals surface area contributed by atoms with E-state index in [4.69, 9.17) is 21.4 Å². The van der Waals surface area contributed by atoms with Gasteiger partial charge in [-0.05, 0) is 44.4 Å². The number of carbonyl (C=O) groups excluding carboxylic acids is 1. The lowest BCUT2D eigenvalue weighted by atomic mass is 10.2. The molecule has 0 aliphatic rings. The number of hydrogen-bond acceptors (Lipinski definition) is 7. The van der Waals surface area contributed by atoms with Crippen molar-refractivity contribution in [3.05, 3.63) is 62.5 Å². The SMILES string of the molecule is COC(=O)c1cc(CN(C)Cn2nc3n(C)c(=O)c4ccccc4n3c2=S)oc1C. The van der Waals surface area contributed by atoms with Crippen molar-refractivity contribution in [2.75, 3.05) is 14.2 Å². The molecule has 0 radical (unpaired) electrons. The molecule has 4 aromatic rings. The van der Waals surface area contributed by atoms with Gasteiger partial charge in [0.25, 0.3) is 5.56 Å². The second-order valence-corrected chi connectivity index (χ2v) is 7.49. The zero-order valence-corrected chi connectivity index (χ0v) is 17.9. The van der Waals surface area contributed by atoms with Crippen molar-refractivity contribution in [3.8, 4) is 0 Å². The summed E-state index contributed by atoms with van der Waals surface area (Å²) in [7, 11) is 4.90. The molecule has 156 valence electrons. The molecule has 0 N–H and O–H groups in total. The first-order chi connectivity index (χ1) is 14.3. The van der Waals surface area contributed by atoms with Crippen LogP contribution in [-0.2, 0) is 25.0 Å². The first-order valence-electron chi connectivity index (χ1n) is 9.25. The number of aromatic nitrogens is 4. The van der Waals surface area contributed by atoms with E-state index in [1.165, 1.54) is 11.7 Å². The normalized spacial score (nSPS) is 11.6. The predicted octanol–water partition coefficient (Wildman–Crippen LogP) is 2.49. The van der Waals surface area contributed by atoms with E-state index in [0.717, 1.165) is 5.52 Å². The average Bonchev–Trinajstić information content (AvgIpc) is 3.25. The molecule has 9 nitrogen and oxygen atoms in total. The van der Waals surface area contributed by atoms with Gasteiger partial charge in [-0.2, -0.15) is 0 Å². The lowest BCUT2D eigenvalue weighted by molar-refractivity contribution is 0.0599. The standard InChI is InChI=1S/C20H21N5O4S/c1-12-15(18(27)28-4)9-13(29-12)10-22(2)11-24-20(30)25-16-8-6-5-7-14(16)17(26)23(3)19(25)21-24/h5-9H,10-11H2,1-4H3. The van der Waals surface area contributed by atoms with Crippen LogP contribution in [0.5, 0.6) is 0 Å².